The molecule has 0 aromatic carbocycles. The fourth-order valence-electron chi connectivity index (χ4n) is 2.15. The number of nitrogens with one attached hydrogen (secondary N) is 2. The van der Waals surface area contributed by atoms with Crippen LogP contribution >= 0.6 is 0 Å². The number of carbonyl (C=O) groups excluding carboxylic acids is 1. The third-order valence-electron chi connectivity index (χ3n) is 3.44. The Labute approximate surface area is 84.6 Å². The summed E-state index contributed by atoms with van der Waals surface area (Å²) in [5.74, 6) is 0.149. The van der Waals surface area contributed by atoms with Crippen molar-refractivity contribution >= 4 is 5.91 Å². The second-order valence-corrected chi connectivity index (χ2v) is 4.45. The molecule has 0 aromatic heterocycles. The van der Waals surface area contributed by atoms with Crippen LogP contribution in [-0.2, 0) is 4.79 Å². The van der Waals surface area contributed by atoms with Gasteiger partial charge in [-0.25, -0.2) is 0 Å². The third kappa shape index (κ3) is 1.64. The van der Waals surface area contributed by atoms with Crippen molar-refractivity contribution in [2.75, 3.05) is 6.54 Å². The van der Waals surface area contributed by atoms with E-state index in [9.17, 15) is 4.79 Å². The van der Waals surface area contributed by atoms with E-state index in [1.807, 2.05) is 0 Å². The smallest absolute Gasteiger partial charge is 0.240 e. The van der Waals surface area contributed by atoms with Crippen LogP contribution in [0.3, 0.4) is 0 Å². The van der Waals surface area contributed by atoms with Crippen LogP contribution in [0.1, 0.15) is 32.6 Å². The summed E-state index contributed by atoms with van der Waals surface area (Å²) in [6.07, 6.45) is 3.85. The second kappa shape index (κ2) is 3.51. The summed E-state index contributed by atoms with van der Waals surface area (Å²) in [7, 11) is 0. The first-order valence-electron chi connectivity index (χ1n) is 5.49. The Kier molecular flexibility index (Phi) is 2.49. The molecule has 1 aliphatic carbocycles. The summed E-state index contributed by atoms with van der Waals surface area (Å²) in [5, 5.41) is 6.33. The van der Waals surface area contributed by atoms with Gasteiger partial charge in [-0.05, 0) is 32.2 Å². The van der Waals surface area contributed by atoms with Crippen molar-refractivity contribution in [3.05, 3.63) is 0 Å². The maximum atomic E-state index is 12.0. The minimum atomic E-state index is -0.303. The van der Waals surface area contributed by atoms with Crippen LogP contribution < -0.4 is 16.4 Å². The van der Waals surface area contributed by atoms with Gasteiger partial charge in [0.05, 0.1) is 5.54 Å². The first-order valence-corrected chi connectivity index (χ1v) is 5.49. The molecular formula is C10H19N3O. The van der Waals surface area contributed by atoms with Gasteiger partial charge in [-0.1, -0.05) is 6.92 Å². The zero-order chi connectivity index (χ0) is 10.2. The number of carbonyl (C=O) groups is 1. The largest absolute Gasteiger partial charge is 0.350 e. The van der Waals surface area contributed by atoms with E-state index in [1.54, 1.807) is 0 Å². The Bertz CT molecular complexity index is 236. The standard InChI is InChI=1S/C10H19N3O/c1-2-10(4-3-5-12-10)9(14)13-8-6-7(8)11/h7-8,12H,2-6,11H2,1H3,(H,13,14). The molecule has 3 atom stereocenters. The van der Waals surface area contributed by atoms with E-state index in [0.29, 0.717) is 0 Å². The molecule has 14 heavy (non-hydrogen) atoms. The minimum Gasteiger partial charge on any atom is -0.350 e. The first kappa shape index (κ1) is 9.93. The maximum Gasteiger partial charge on any atom is 0.240 e. The fraction of sp³-hybridized carbons (Fsp3) is 0.900. The molecule has 0 bridgehead atoms. The molecule has 0 spiro atoms. The molecule has 1 saturated heterocycles. The van der Waals surface area contributed by atoms with Crippen LogP contribution in [0.4, 0.5) is 0 Å². The van der Waals surface area contributed by atoms with Gasteiger partial charge >= 0.3 is 0 Å². The average molecular weight is 197 g/mol. The molecule has 4 nitrogen and oxygen atoms in total. The molecule has 1 heterocycles. The van der Waals surface area contributed by atoms with Gasteiger partial charge in [0.2, 0.25) is 5.91 Å². The van der Waals surface area contributed by atoms with E-state index in [-0.39, 0.29) is 23.5 Å². The molecule has 4 N–H and O–H groups in total. The predicted molar refractivity (Wildman–Crippen MR) is 54.8 cm³/mol. The number of hydrogen-bond acceptors (Lipinski definition) is 3. The Balaban J connectivity index is 1.94. The third-order valence-corrected chi connectivity index (χ3v) is 3.44. The molecule has 4 heteroatoms. The summed E-state index contributed by atoms with van der Waals surface area (Å²) in [4.78, 5) is 12.0. The quantitative estimate of drug-likeness (QED) is 0.583. The number of rotatable bonds is 3. The Morgan fingerprint density at radius 1 is 1.71 bits per heavy atom. The highest BCUT2D eigenvalue weighted by Gasteiger charge is 2.43. The average Bonchev–Trinajstić information content (AvgIpc) is 2.73. The Hall–Kier alpha value is -0.610. The molecule has 2 fully saturated rings. The van der Waals surface area contributed by atoms with Crippen molar-refractivity contribution in [3.8, 4) is 0 Å². The lowest BCUT2D eigenvalue weighted by atomic mass is 9.93. The summed E-state index contributed by atoms with van der Waals surface area (Å²) < 4.78 is 0. The molecule has 0 aromatic rings. The van der Waals surface area contributed by atoms with E-state index in [4.69, 9.17) is 5.73 Å². The van der Waals surface area contributed by atoms with Crippen molar-refractivity contribution < 1.29 is 4.79 Å². The van der Waals surface area contributed by atoms with Gasteiger partial charge in [-0.15, -0.1) is 0 Å². The fourth-order valence-corrected chi connectivity index (χ4v) is 2.15. The SMILES string of the molecule is CCC1(C(=O)NC2CC2N)CCCN1. The van der Waals surface area contributed by atoms with Crippen molar-refractivity contribution in [3.63, 3.8) is 0 Å². The summed E-state index contributed by atoms with van der Waals surface area (Å²) in [6.45, 7) is 3.02. The molecule has 2 rings (SSSR count). The van der Waals surface area contributed by atoms with Crippen LogP contribution in [0.25, 0.3) is 0 Å². The van der Waals surface area contributed by atoms with Crippen LogP contribution in [-0.4, -0.2) is 30.1 Å². The molecule has 0 radical (unpaired) electrons. The summed E-state index contributed by atoms with van der Waals surface area (Å²) in [5.41, 5.74) is 5.36. The van der Waals surface area contributed by atoms with Gasteiger partial charge in [-0.2, -0.15) is 0 Å². The van der Waals surface area contributed by atoms with Crippen LogP contribution in [0.15, 0.2) is 0 Å². The molecular weight excluding hydrogens is 178 g/mol. The molecule has 3 unspecified atom stereocenters. The monoisotopic (exact) mass is 197 g/mol. The normalized spacial score (nSPS) is 41.0. The zero-order valence-electron chi connectivity index (χ0n) is 8.68. The van der Waals surface area contributed by atoms with E-state index < -0.39 is 0 Å². The lowest BCUT2D eigenvalue weighted by molar-refractivity contribution is -0.127. The number of nitrogens with two attached hydrogens (primary N) is 1. The lowest BCUT2D eigenvalue weighted by Crippen LogP contribution is -2.54. The number of hydrogen-bond donors (Lipinski definition) is 3. The van der Waals surface area contributed by atoms with Crippen LogP contribution in [0.2, 0.25) is 0 Å². The number of amides is 1. The van der Waals surface area contributed by atoms with Gasteiger partial charge in [-0.3, -0.25) is 4.79 Å². The highest BCUT2D eigenvalue weighted by atomic mass is 16.2. The maximum absolute atomic E-state index is 12.0. The molecule has 1 amide bonds. The van der Waals surface area contributed by atoms with Crippen molar-refractivity contribution in [1.82, 2.24) is 10.6 Å². The van der Waals surface area contributed by atoms with E-state index in [1.165, 1.54) is 0 Å². The van der Waals surface area contributed by atoms with Gasteiger partial charge in [0.15, 0.2) is 0 Å². The highest BCUT2D eigenvalue weighted by Crippen LogP contribution is 2.25. The summed E-state index contributed by atoms with van der Waals surface area (Å²) in [6, 6.07) is 0.419. The molecule has 2 aliphatic rings. The van der Waals surface area contributed by atoms with E-state index in [2.05, 4.69) is 17.6 Å². The van der Waals surface area contributed by atoms with E-state index in [0.717, 1.165) is 32.2 Å². The predicted octanol–water partition coefficient (Wildman–Crippen LogP) is -0.266. The van der Waals surface area contributed by atoms with Crippen molar-refractivity contribution in [2.24, 2.45) is 5.73 Å². The van der Waals surface area contributed by atoms with Crippen LogP contribution in [0.5, 0.6) is 0 Å². The van der Waals surface area contributed by atoms with Gasteiger partial charge < -0.3 is 16.4 Å². The van der Waals surface area contributed by atoms with E-state index >= 15 is 0 Å². The Morgan fingerprint density at radius 2 is 2.43 bits per heavy atom. The first-order chi connectivity index (χ1) is 6.68. The topological polar surface area (TPSA) is 67.2 Å². The van der Waals surface area contributed by atoms with Gasteiger partial charge in [0.1, 0.15) is 0 Å². The Morgan fingerprint density at radius 3 is 2.86 bits per heavy atom. The van der Waals surface area contributed by atoms with Crippen molar-refractivity contribution in [2.45, 2.75) is 50.2 Å². The van der Waals surface area contributed by atoms with Gasteiger partial charge in [0.25, 0.3) is 0 Å². The molecule has 80 valence electrons. The second-order valence-electron chi connectivity index (χ2n) is 4.45. The van der Waals surface area contributed by atoms with Crippen LogP contribution in [0, 0.1) is 0 Å². The molecule has 1 aliphatic heterocycles. The zero-order valence-corrected chi connectivity index (χ0v) is 8.68. The lowest BCUT2D eigenvalue weighted by Gasteiger charge is -2.26. The minimum absolute atomic E-state index is 0.149. The molecule has 1 saturated carbocycles. The van der Waals surface area contributed by atoms with Gasteiger partial charge in [0, 0.05) is 12.1 Å². The highest BCUT2D eigenvalue weighted by molar-refractivity contribution is 5.87. The summed E-state index contributed by atoms with van der Waals surface area (Å²) >= 11 is 0. The van der Waals surface area contributed by atoms with Crippen molar-refractivity contribution in [1.29, 1.82) is 0 Å².